The third-order valence-corrected chi connectivity index (χ3v) is 9.08. The highest BCUT2D eigenvalue weighted by Crippen LogP contribution is 2.35. The van der Waals surface area contributed by atoms with Crippen molar-refractivity contribution in [3.8, 4) is 0 Å². The Morgan fingerprint density at radius 1 is 0.765 bits per heavy atom. The van der Waals surface area contributed by atoms with Crippen LogP contribution in [0.2, 0.25) is 0 Å². The maximum Gasteiger partial charge on any atom is 0.283 e. The van der Waals surface area contributed by atoms with Crippen molar-refractivity contribution >= 4 is 25.9 Å². The average Bonchev–Trinajstić information content (AvgIpc) is 3.26. The maximum atomic E-state index is 13.6. The highest BCUT2D eigenvalue weighted by Gasteiger charge is 2.42. The van der Waals surface area contributed by atoms with Crippen molar-refractivity contribution in [3.63, 3.8) is 0 Å². The Labute approximate surface area is 201 Å². The van der Waals surface area contributed by atoms with Crippen molar-refractivity contribution in [3.05, 3.63) is 95.6 Å². The standard InChI is InChI=1S/C25H27N3O4S2/c1-19-9-13-23(14-10-19)33(29,30)26-21(3)27-17-18-28(25(27)22-7-5-4-6-8-22)34(31,32)24-15-11-20(2)12-16-24/h4-16,25H,17-18H2,1-3H3/t25-/m1/s1. The highest BCUT2D eigenvalue weighted by atomic mass is 32.2. The summed E-state index contributed by atoms with van der Waals surface area (Å²) in [5, 5.41) is 0. The van der Waals surface area contributed by atoms with Crippen molar-refractivity contribution in [1.82, 2.24) is 9.21 Å². The molecule has 4 rings (SSSR count). The quantitative estimate of drug-likeness (QED) is 0.391. The van der Waals surface area contributed by atoms with Crippen LogP contribution < -0.4 is 0 Å². The molecule has 9 heteroatoms. The van der Waals surface area contributed by atoms with Crippen molar-refractivity contribution in [1.29, 1.82) is 0 Å². The molecular weight excluding hydrogens is 470 g/mol. The Kier molecular flexibility index (Phi) is 6.62. The van der Waals surface area contributed by atoms with Crippen molar-refractivity contribution < 1.29 is 16.8 Å². The van der Waals surface area contributed by atoms with E-state index in [9.17, 15) is 16.8 Å². The summed E-state index contributed by atoms with van der Waals surface area (Å²) in [7, 11) is -7.78. The molecule has 0 unspecified atom stereocenters. The van der Waals surface area contributed by atoms with Crippen LogP contribution in [0.3, 0.4) is 0 Å². The summed E-state index contributed by atoms with van der Waals surface area (Å²) in [5.41, 5.74) is 2.64. The minimum atomic E-state index is -3.95. The summed E-state index contributed by atoms with van der Waals surface area (Å²) >= 11 is 0. The van der Waals surface area contributed by atoms with Gasteiger partial charge in [-0.25, -0.2) is 8.42 Å². The van der Waals surface area contributed by atoms with Crippen LogP contribution in [0, 0.1) is 13.8 Å². The van der Waals surface area contributed by atoms with Crippen LogP contribution in [0.25, 0.3) is 0 Å². The zero-order chi connectivity index (χ0) is 24.5. The number of hydrogen-bond donors (Lipinski definition) is 0. The molecule has 0 bridgehead atoms. The van der Waals surface area contributed by atoms with Crippen LogP contribution in [0.5, 0.6) is 0 Å². The first kappa shape index (κ1) is 24.1. The Balaban J connectivity index is 1.75. The lowest BCUT2D eigenvalue weighted by molar-refractivity contribution is 0.284. The Morgan fingerprint density at radius 3 is 1.85 bits per heavy atom. The number of aryl methyl sites for hydroxylation is 2. The van der Waals surface area contributed by atoms with E-state index < -0.39 is 26.2 Å². The van der Waals surface area contributed by atoms with E-state index in [4.69, 9.17) is 0 Å². The van der Waals surface area contributed by atoms with Gasteiger partial charge in [0, 0.05) is 13.1 Å². The van der Waals surface area contributed by atoms with Gasteiger partial charge in [-0.05, 0) is 50.6 Å². The number of rotatable bonds is 5. The topological polar surface area (TPSA) is 87.1 Å². The molecule has 1 saturated heterocycles. The minimum absolute atomic E-state index is 0.0945. The molecule has 0 N–H and O–H groups in total. The maximum absolute atomic E-state index is 13.6. The second-order valence-electron chi connectivity index (χ2n) is 8.33. The SMILES string of the molecule is CC(=NS(=O)(=O)c1ccc(C)cc1)N1CCN(S(=O)(=O)c2ccc(C)cc2)[C@@H]1c1ccccc1. The number of amidine groups is 1. The van der Waals surface area contributed by atoms with Crippen LogP contribution in [0.4, 0.5) is 0 Å². The molecule has 0 radical (unpaired) electrons. The van der Waals surface area contributed by atoms with E-state index in [1.165, 1.54) is 16.4 Å². The van der Waals surface area contributed by atoms with E-state index in [1.807, 2.05) is 44.2 Å². The number of hydrogen-bond acceptors (Lipinski definition) is 4. The monoisotopic (exact) mass is 497 g/mol. The molecule has 0 aliphatic carbocycles. The van der Waals surface area contributed by atoms with Gasteiger partial charge in [0.05, 0.1) is 9.79 Å². The molecule has 0 aromatic heterocycles. The predicted octanol–water partition coefficient (Wildman–Crippen LogP) is 4.12. The zero-order valence-electron chi connectivity index (χ0n) is 19.3. The molecule has 0 amide bonds. The molecule has 7 nitrogen and oxygen atoms in total. The van der Waals surface area contributed by atoms with Gasteiger partial charge in [-0.1, -0.05) is 65.7 Å². The van der Waals surface area contributed by atoms with Gasteiger partial charge in [0.1, 0.15) is 12.0 Å². The molecule has 1 fully saturated rings. The second kappa shape index (κ2) is 9.32. The molecular formula is C25H27N3O4S2. The summed E-state index contributed by atoms with van der Waals surface area (Å²) in [6.45, 7) is 5.89. The van der Waals surface area contributed by atoms with E-state index in [0.29, 0.717) is 6.54 Å². The molecule has 34 heavy (non-hydrogen) atoms. The fourth-order valence-corrected chi connectivity index (χ4v) is 6.61. The Bertz CT molecular complexity index is 1400. The molecule has 1 atom stereocenters. The van der Waals surface area contributed by atoms with Crippen LogP contribution >= 0.6 is 0 Å². The lowest BCUT2D eigenvalue weighted by atomic mass is 10.1. The van der Waals surface area contributed by atoms with E-state index >= 15 is 0 Å². The fraction of sp³-hybridized carbons (Fsp3) is 0.240. The highest BCUT2D eigenvalue weighted by molar-refractivity contribution is 7.90. The summed E-state index contributed by atoms with van der Waals surface area (Å²) in [6, 6.07) is 22.4. The predicted molar refractivity (Wildman–Crippen MR) is 132 cm³/mol. The summed E-state index contributed by atoms with van der Waals surface area (Å²) in [6.07, 6.45) is -0.718. The first-order valence-electron chi connectivity index (χ1n) is 10.9. The molecule has 1 heterocycles. The van der Waals surface area contributed by atoms with Crippen molar-refractivity contribution in [2.75, 3.05) is 13.1 Å². The van der Waals surface area contributed by atoms with E-state index in [0.717, 1.165) is 16.7 Å². The van der Waals surface area contributed by atoms with Crippen LogP contribution in [-0.4, -0.2) is 45.0 Å². The molecule has 178 valence electrons. The second-order valence-corrected chi connectivity index (χ2v) is 11.8. The van der Waals surface area contributed by atoms with Crippen LogP contribution in [0.15, 0.2) is 93.1 Å². The first-order chi connectivity index (χ1) is 16.1. The van der Waals surface area contributed by atoms with Gasteiger partial charge >= 0.3 is 0 Å². The van der Waals surface area contributed by atoms with Gasteiger partial charge in [-0.2, -0.15) is 12.7 Å². The lowest BCUT2D eigenvalue weighted by Gasteiger charge is -2.31. The average molecular weight is 498 g/mol. The smallest absolute Gasteiger partial charge is 0.283 e. The van der Waals surface area contributed by atoms with Gasteiger partial charge in [0.15, 0.2) is 0 Å². The normalized spacial score (nSPS) is 17.8. The largest absolute Gasteiger partial charge is 0.337 e. The Morgan fingerprint density at radius 2 is 1.29 bits per heavy atom. The van der Waals surface area contributed by atoms with Gasteiger partial charge in [-0.15, -0.1) is 4.40 Å². The van der Waals surface area contributed by atoms with Gasteiger partial charge in [-0.3, -0.25) is 0 Å². The van der Waals surface area contributed by atoms with E-state index in [-0.39, 0.29) is 22.2 Å². The summed E-state index contributed by atoms with van der Waals surface area (Å²) < 4.78 is 58.5. The minimum Gasteiger partial charge on any atom is -0.337 e. The van der Waals surface area contributed by atoms with Gasteiger partial charge in [0.2, 0.25) is 10.0 Å². The third-order valence-electron chi connectivity index (χ3n) is 5.84. The third kappa shape index (κ3) is 4.77. The van der Waals surface area contributed by atoms with E-state index in [2.05, 4.69) is 4.40 Å². The summed E-state index contributed by atoms with van der Waals surface area (Å²) in [5.74, 6) is 0.232. The van der Waals surface area contributed by atoms with Crippen LogP contribution in [0.1, 0.15) is 29.8 Å². The molecule has 3 aromatic rings. The molecule has 1 aliphatic heterocycles. The number of nitrogens with zero attached hydrogens (tertiary/aromatic N) is 3. The fourth-order valence-electron chi connectivity index (χ4n) is 4.00. The Hall–Kier alpha value is -3.01. The molecule has 0 spiro atoms. The van der Waals surface area contributed by atoms with Gasteiger partial charge < -0.3 is 4.90 Å². The zero-order valence-corrected chi connectivity index (χ0v) is 20.9. The number of benzene rings is 3. The lowest BCUT2D eigenvalue weighted by Crippen LogP contribution is -2.37. The first-order valence-corrected chi connectivity index (χ1v) is 13.8. The summed E-state index contributed by atoms with van der Waals surface area (Å²) in [4.78, 5) is 2.02. The van der Waals surface area contributed by atoms with Crippen molar-refractivity contribution in [2.24, 2.45) is 4.40 Å². The van der Waals surface area contributed by atoms with Crippen molar-refractivity contribution in [2.45, 2.75) is 36.7 Å². The molecule has 0 saturated carbocycles. The van der Waals surface area contributed by atoms with Crippen LogP contribution in [-0.2, 0) is 20.0 Å². The molecule has 3 aromatic carbocycles. The molecule has 1 aliphatic rings. The van der Waals surface area contributed by atoms with E-state index in [1.54, 1.807) is 48.2 Å². The van der Waals surface area contributed by atoms with Gasteiger partial charge in [0.25, 0.3) is 10.0 Å². The number of sulfonamides is 2.